The number of carbonyl (C=O) groups excluding carboxylic acids is 3. The van der Waals surface area contributed by atoms with E-state index in [4.69, 9.17) is 16.3 Å². The maximum atomic E-state index is 12.8. The fourth-order valence-electron chi connectivity index (χ4n) is 2.72. The Balaban J connectivity index is 1.70. The molecule has 0 unspecified atom stereocenters. The largest absolute Gasteiger partial charge is 0.452 e. The van der Waals surface area contributed by atoms with E-state index in [1.54, 1.807) is 54.6 Å². The van der Waals surface area contributed by atoms with Gasteiger partial charge >= 0.3 is 5.97 Å². The van der Waals surface area contributed by atoms with E-state index in [1.165, 1.54) is 6.07 Å². The molecule has 1 N–H and O–H groups in total. The van der Waals surface area contributed by atoms with Gasteiger partial charge in [-0.25, -0.2) is 4.79 Å². The molecule has 29 heavy (non-hydrogen) atoms. The number of para-hydroxylation sites is 1. The number of anilines is 1. The van der Waals surface area contributed by atoms with Crippen LogP contribution in [0.3, 0.4) is 0 Å². The average Bonchev–Trinajstić information content (AvgIpc) is 2.74. The van der Waals surface area contributed by atoms with Gasteiger partial charge in [-0.2, -0.15) is 0 Å². The van der Waals surface area contributed by atoms with Crippen LogP contribution in [0, 0.1) is 6.92 Å². The fourth-order valence-corrected chi connectivity index (χ4v) is 2.85. The van der Waals surface area contributed by atoms with Crippen molar-refractivity contribution in [3.8, 4) is 0 Å². The van der Waals surface area contributed by atoms with E-state index in [0.29, 0.717) is 16.3 Å². The van der Waals surface area contributed by atoms with Gasteiger partial charge in [0.05, 0.1) is 5.56 Å². The number of ether oxygens (including phenoxy) is 1. The molecule has 0 spiro atoms. The zero-order valence-electron chi connectivity index (χ0n) is 15.6. The highest BCUT2D eigenvalue weighted by Crippen LogP contribution is 2.18. The van der Waals surface area contributed by atoms with Gasteiger partial charge in [-0.3, -0.25) is 9.59 Å². The smallest absolute Gasteiger partial charge is 0.339 e. The second-order valence-electron chi connectivity index (χ2n) is 6.32. The summed E-state index contributed by atoms with van der Waals surface area (Å²) in [5.41, 5.74) is 2.22. The van der Waals surface area contributed by atoms with Gasteiger partial charge in [-0.1, -0.05) is 48.0 Å². The molecule has 0 heterocycles. The number of halogens is 1. The van der Waals surface area contributed by atoms with Crippen LogP contribution < -0.4 is 5.32 Å². The number of aryl methyl sites for hydroxylation is 1. The van der Waals surface area contributed by atoms with Crippen LogP contribution in [-0.2, 0) is 9.53 Å². The number of carbonyl (C=O) groups is 3. The number of rotatable bonds is 6. The average molecular weight is 408 g/mol. The predicted octanol–water partition coefficient (Wildman–Crippen LogP) is 4.67. The monoisotopic (exact) mass is 407 g/mol. The van der Waals surface area contributed by atoms with Gasteiger partial charge in [0.2, 0.25) is 0 Å². The summed E-state index contributed by atoms with van der Waals surface area (Å²) < 4.78 is 5.12. The first-order valence-electron chi connectivity index (χ1n) is 8.87. The Labute approximate surface area is 173 Å². The lowest BCUT2D eigenvalue weighted by molar-refractivity contribution is -0.119. The first-order chi connectivity index (χ1) is 14.0. The molecule has 0 saturated heterocycles. The molecule has 0 bridgehead atoms. The molecule has 0 aliphatic heterocycles. The van der Waals surface area contributed by atoms with E-state index < -0.39 is 18.5 Å². The Kier molecular flexibility index (Phi) is 6.42. The molecule has 0 aliphatic rings. The summed E-state index contributed by atoms with van der Waals surface area (Å²) in [6.07, 6.45) is 0. The lowest BCUT2D eigenvalue weighted by atomic mass is 9.98. The molecule has 0 radical (unpaired) electrons. The van der Waals surface area contributed by atoms with Gasteiger partial charge in [-0.15, -0.1) is 0 Å². The zero-order chi connectivity index (χ0) is 20.8. The summed E-state index contributed by atoms with van der Waals surface area (Å²) in [6.45, 7) is 1.40. The Bertz CT molecular complexity index is 1060. The van der Waals surface area contributed by atoms with Crippen molar-refractivity contribution in [3.05, 3.63) is 100 Å². The van der Waals surface area contributed by atoms with Crippen LogP contribution in [0.15, 0.2) is 72.8 Å². The Morgan fingerprint density at radius 2 is 1.48 bits per heavy atom. The molecule has 0 aliphatic carbocycles. The molecule has 6 heteroatoms. The van der Waals surface area contributed by atoms with Crippen molar-refractivity contribution in [2.45, 2.75) is 6.92 Å². The zero-order valence-corrected chi connectivity index (χ0v) is 16.4. The number of hydrogen-bond acceptors (Lipinski definition) is 4. The highest BCUT2D eigenvalue weighted by molar-refractivity contribution is 6.30. The normalized spacial score (nSPS) is 10.3. The molecule has 0 aromatic heterocycles. The lowest BCUT2D eigenvalue weighted by Gasteiger charge is -2.10. The van der Waals surface area contributed by atoms with Crippen molar-refractivity contribution in [2.24, 2.45) is 0 Å². The van der Waals surface area contributed by atoms with Gasteiger partial charge in [0, 0.05) is 21.8 Å². The number of hydrogen-bond donors (Lipinski definition) is 1. The molecule has 3 aromatic carbocycles. The van der Waals surface area contributed by atoms with E-state index in [9.17, 15) is 14.4 Å². The van der Waals surface area contributed by atoms with Crippen molar-refractivity contribution in [3.63, 3.8) is 0 Å². The first-order valence-corrected chi connectivity index (χ1v) is 9.25. The molecular weight excluding hydrogens is 390 g/mol. The summed E-state index contributed by atoms with van der Waals surface area (Å²) in [7, 11) is 0. The fraction of sp³-hybridized carbons (Fsp3) is 0.0870. The second-order valence-corrected chi connectivity index (χ2v) is 6.76. The van der Waals surface area contributed by atoms with E-state index in [-0.39, 0.29) is 16.9 Å². The van der Waals surface area contributed by atoms with Crippen LogP contribution in [0.1, 0.15) is 31.8 Å². The SMILES string of the molecule is Cc1ccccc1NC(=O)COC(=O)c1ccccc1C(=O)c1ccc(Cl)cc1. The topological polar surface area (TPSA) is 72.5 Å². The first kappa shape index (κ1) is 20.3. The summed E-state index contributed by atoms with van der Waals surface area (Å²) in [5, 5.41) is 3.20. The third kappa shape index (κ3) is 5.09. The summed E-state index contributed by atoms with van der Waals surface area (Å²) in [6, 6.07) is 20.0. The lowest BCUT2D eigenvalue weighted by Crippen LogP contribution is -2.22. The van der Waals surface area contributed by atoms with Gasteiger partial charge in [-0.05, 0) is 48.9 Å². The summed E-state index contributed by atoms with van der Waals surface area (Å²) >= 11 is 5.86. The number of benzene rings is 3. The third-order valence-corrected chi connectivity index (χ3v) is 4.50. The minimum Gasteiger partial charge on any atom is -0.452 e. The van der Waals surface area contributed by atoms with E-state index in [1.807, 2.05) is 19.1 Å². The number of esters is 1. The van der Waals surface area contributed by atoms with Crippen LogP contribution in [0.2, 0.25) is 5.02 Å². The quantitative estimate of drug-likeness (QED) is 0.476. The Morgan fingerprint density at radius 3 is 2.17 bits per heavy atom. The third-order valence-electron chi connectivity index (χ3n) is 4.25. The predicted molar refractivity (Wildman–Crippen MR) is 111 cm³/mol. The molecule has 0 atom stereocenters. The maximum Gasteiger partial charge on any atom is 0.339 e. The molecule has 146 valence electrons. The number of amides is 1. The van der Waals surface area contributed by atoms with Crippen molar-refractivity contribution in [1.82, 2.24) is 0 Å². The van der Waals surface area contributed by atoms with Crippen LogP contribution in [0.4, 0.5) is 5.69 Å². The van der Waals surface area contributed by atoms with Gasteiger partial charge in [0.25, 0.3) is 5.91 Å². The molecule has 5 nitrogen and oxygen atoms in total. The highest BCUT2D eigenvalue weighted by atomic mass is 35.5. The van der Waals surface area contributed by atoms with Gasteiger partial charge in [0.1, 0.15) is 0 Å². The van der Waals surface area contributed by atoms with Crippen LogP contribution in [0.5, 0.6) is 0 Å². The summed E-state index contributed by atoms with van der Waals surface area (Å²) in [4.78, 5) is 37.4. The highest BCUT2D eigenvalue weighted by Gasteiger charge is 2.20. The molecule has 1 amide bonds. The van der Waals surface area contributed by atoms with Gasteiger partial charge in [0.15, 0.2) is 12.4 Å². The Hall–Kier alpha value is -3.44. The molecule has 0 fully saturated rings. The van der Waals surface area contributed by atoms with Crippen LogP contribution >= 0.6 is 11.6 Å². The van der Waals surface area contributed by atoms with E-state index in [2.05, 4.69) is 5.32 Å². The van der Waals surface area contributed by atoms with Crippen molar-refractivity contribution >= 4 is 34.9 Å². The molecular formula is C23H18ClNO4. The standard InChI is InChI=1S/C23H18ClNO4/c1-15-6-2-5-9-20(15)25-21(26)14-29-23(28)19-8-4-3-7-18(19)22(27)16-10-12-17(24)13-11-16/h2-13H,14H2,1H3,(H,25,26). The van der Waals surface area contributed by atoms with Crippen molar-refractivity contribution < 1.29 is 19.1 Å². The van der Waals surface area contributed by atoms with Crippen LogP contribution in [-0.4, -0.2) is 24.3 Å². The molecule has 3 rings (SSSR count). The number of ketones is 1. The van der Waals surface area contributed by atoms with Crippen LogP contribution in [0.25, 0.3) is 0 Å². The molecule has 0 saturated carbocycles. The van der Waals surface area contributed by atoms with Crippen molar-refractivity contribution in [1.29, 1.82) is 0 Å². The Morgan fingerprint density at radius 1 is 0.862 bits per heavy atom. The summed E-state index contributed by atoms with van der Waals surface area (Å²) in [5.74, 6) is -1.55. The second kappa shape index (κ2) is 9.17. The maximum absolute atomic E-state index is 12.8. The number of nitrogens with one attached hydrogen (secondary N) is 1. The minimum absolute atomic E-state index is 0.0936. The van der Waals surface area contributed by atoms with E-state index >= 15 is 0 Å². The van der Waals surface area contributed by atoms with Crippen molar-refractivity contribution in [2.75, 3.05) is 11.9 Å². The minimum atomic E-state index is -0.747. The van der Waals surface area contributed by atoms with E-state index in [0.717, 1.165) is 5.56 Å². The van der Waals surface area contributed by atoms with Gasteiger partial charge < -0.3 is 10.1 Å². The molecule has 3 aromatic rings.